The average Bonchev–Trinajstić information content (AvgIpc) is 2.60. The molecular formula is C11H11ClFN3. The van der Waals surface area contributed by atoms with Crippen LogP contribution in [0.25, 0.3) is 0 Å². The highest BCUT2D eigenvalue weighted by molar-refractivity contribution is 6.30. The molecule has 0 bridgehead atoms. The van der Waals surface area contributed by atoms with Crippen molar-refractivity contribution in [3.05, 3.63) is 46.8 Å². The first kappa shape index (κ1) is 11.0. The van der Waals surface area contributed by atoms with Crippen molar-refractivity contribution in [1.82, 2.24) is 9.97 Å². The van der Waals surface area contributed by atoms with Gasteiger partial charge in [0, 0.05) is 10.7 Å². The zero-order valence-corrected chi connectivity index (χ0v) is 9.48. The van der Waals surface area contributed by atoms with Gasteiger partial charge in [-0.2, -0.15) is 0 Å². The van der Waals surface area contributed by atoms with Crippen LogP contribution in [0.15, 0.2) is 24.4 Å². The molecule has 2 aromatic rings. The van der Waals surface area contributed by atoms with Gasteiger partial charge >= 0.3 is 0 Å². The number of hydrogen-bond acceptors (Lipinski definition) is 2. The second-order valence-electron chi connectivity index (χ2n) is 3.51. The van der Waals surface area contributed by atoms with Gasteiger partial charge in [-0.05, 0) is 25.1 Å². The Hall–Kier alpha value is -1.55. The van der Waals surface area contributed by atoms with E-state index in [1.165, 1.54) is 12.1 Å². The number of hydrogen-bond donors (Lipinski definition) is 2. The highest BCUT2D eigenvalue weighted by atomic mass is 35.5. The second kappa shape index (κ2) is 4.53. The van der Waals surface area contributed by atoms with Crippen LogP contribution in [0.1, 0.15) is 11.5 Å². The van der Waals surface area contributed by atoms with Crippen LogP contribution in [0.2, 0.25) is 5.02 Å². The number of halogens is 2. The Balaban J connectivity index is 2.04. The van der Waals surface area contributed by atoms with Crippen molar-refractivity contribution in [3.63, 3.8) is 0 Å². The van der Waals surface area contributed by atoms with Crippen LogP contribution >= 0.6 is 11.6 Å². The lowest BCUT2D eigenvalue weighted by atomic mass is 10.3. The van der Waals surface area contributed by atoms with E-state index in [4.69, 9.17) is 11.6 Å². The molecule has 0 unspecified atom stereocenters. The third-order valence-electron chi connectivity index (χ3n) is 2.10. The minimum absolute atomic E-state index is 0.351. The van der Waals surface area contributed by atoms with Crippen molar-refractivity contribution in [2.45, 2.75) is 13.5 Å². The Morgan fingerprint density at radius 3 is 2.88 bits per heavy atom. The molecule has 0 aliphatic rings. The minimum atomic E-state index is -0.351. The van der Waals surface area contributed by atoms with Crippen molar-refractivity contribution < 1.29 is 4.39 Å². The number of aromatic nitrogens is 2. The zero-order chi connectivity index (χ0) is 11.5. The van der Waals surface area contributed by atoms with Crippen LogP contribution in [0.4, 0.5) is 10.1 Å². The Morgan fingerprint density at radius 2 is 2.25 bits per heavy atom. The summed E-state index contributed by atoms with van der Waals surface area (Å²) < 4.78 is 13.0. The number of nitrogens with zero attached hydrogens (tertiary/aromatic N) is 1. The Bertz CT molecular complexity index is 475. The van der Waals surface area contributed by atoms with Crippen LogP contribution in [-0.2, 0) is 6.54 Å². The Labute approximate surface area is 97.7 Å². The Morgan fingerprint density at radius 1 is 1.44 bits per heavy atom. The summed E-state index contributed by atoms with van der Waals surface area (Å²) in [5, 5.41) is 3.44. The van der Waals surface area contributed by atoms with Gasteiger partial charge in [-0.25, -0.2) is 9.37 Å². The lowest BCUT2D eigenvalue weighted by Gasteiger charge is -2.05. The zero-order valence-electron chi connectivity index (χ0n) is 8.72. The fourth-order valence-electron chi connectivity index (χ4n) is 1.41. The van der Waals surface area contributed by atoms with Gasteiger partial charge in [-0.3, -0.25) is 0 Å². The lowest BCUT2D eigenvalue weighted by molar-refractivity contribution is 0.628. The fourth-order valence-corrected chi connectivity index (χ4v) is 1.64. The number of benzene rings is 1. The average molecular weight is 240 g/mol. The van der Waals surface area contributed by atoms with E-state index in [9.17, 15) is 4.39 Å². The molecule has 2 rings (SSSR count). The summed E-state index contributed by atoms with van der Waals surface area (Å²) in [5.41, 5.74) is 1.59. The van der Waals surface area contributed by atoms with E-state index in [1.54, 1.807) is 12.3 Å². The molecule has 1 aromatic heterocycles. The van der Waals surface area contributed by atoms with E-state index in [0.29, 0.717) is 17.3 Å². The van der Waals surface area contributed by atoms with Gasteiger partial charge in [-0.15, -0.1) is 0 Å². The summed E-state index contributed by atoms with van der Waals surface area (Å²) in [7, 11) is 0. The normalized spacial score (nSPS) is 10.4. The van der Waals surface area contributed by atoms with Crippen molar-refractivity contribution >= 4 is 17.3 Å². The second-order valence-corrected chi connectivity index (χ2v) is 3.94. The number of rotatable bonds is 3. The minimum Gasteiger partial charge on any atom is -0.379 e. The van der Waals surface area contributed by atoms with Crippen LogP contribution in [0, 0.1) is 12.7 Å². The smallest absolute Gasteiger partial charge is 0.126 e. The first-order chi connectivity index (χ1) is 7.63. The number of imidazole rings is 1. The molecule has 0 aliphatic carbocycles. The van der Waals surface area contributed by atoms with E-state index in [-0.39, 0.29) is 5.82 Å². The predicted molar refractivity (Wildman–Crippen MR) is 62.1 cm³/mol. The van der Waals surface area contributed by atoms with Gasteiger partial charge in [0.2, 0.25) is 0 Å². The molecule has 0 radical (unpaired) electrons. The van der Waals surface area contributed by atoms with Gasteiger partial charge < -0.3 is 10.3 Å². The molecule has 0 aliphatic heterocycles. The third-order valence-corrected chi connectivity index (χ3v) is 2.32. The molecule has 0 saturated heterocycles. The van der Waals surface area contributed by atoms with Crippen molar-refractivity contribution in [3.8, 4) is 0 Å². The van der Waals surface area contributed by atoms with Crippen LogP contribution < -0.4 is 5.32 Å². The van der Waals surface area contributed by atoms with E-state index in [1.807, 2.05) is 6.92 Å². The molecule has 0 atom stereocenters. The molecule has 0 amide bonds. The maximum Gasteiger partial charge on any atom is 0.126 e. The number of anilines is 1. The molecule has 16 heavy (non-hydrogen) atoms. The predicted octanol–water partition coefficient (Wildman–Crippen LogP) is 3.12. The monoisotopic (exact) mass is 239 g/mol. The topological polar surface area (TPSA) is 40.7 Å². The highest BCUT2D eigenvalue weighted by Gasteiger charge is 2.00. The van der Waals surface area contributed by atoms with Crippen LogP contribution in [-0.4, -0.2) is 9.97 Å². The summed E-state index contributed by atoms with van der Waals surface area (Å²) in [4.78, 5) is 7.14. The molecule has 2 N–H and O–H groups in total. The standard InChI is InChI=1S/C11H11ClFN3/c1-7-14-5-11(16-7)6-15-10-3-8(12)2-9(13)4-10/h2-5,15H,6H2,1H3,(H,14,16). The van der Waals surface area contributed by atoms with Gasteiger partial charge in [0.1, 0.15) is 11.6 Å². The van der Waals surface area contributed by atoms with Crippen LogP contribution in [0.5, 0.6) is 0 Å². The van der Waals surface area contributed by atoms with Crippen molar-refractivity contribution in [1.29, 1.82) is 0 Å². The van der Waals surface area contributed by atoms with Gasteiger partial charge in [0.25, 0.3) is 0 Å². The molecule has 0 spiro atoms. The maximum absolute atomic E-state index is 13.0. The molecule has 3 nitrogen and oxygen atoms in total. The van der Waals surface area contributed by atoms with Gasteiger partial charge in [0.05, 0.1) is 18.4 Å². The van der Waals surface area contributed by atoms with E-state index >= 15 is 0 Å². The largest absolute Gasteiger partial charge is 0.379 e. The first-order valence-electron chi connectivity index (χ1n) is 4.84. The molecule has 84 valence electrons. The molecule has 5 heteroatoms. The SMILES string of the molecule is Cc1ncc(CNc2cc(F)cc(Cl)c2)[nH]1. The molecule has 0 fully saturated rings. The third kappa shape index (κ3) is 2.73. The van der Waals surface area contributed by atoms with Crippen molar-refractivity contribution in [2.24, 2.45) is 0 Å². The van der Waals surface area contributed by atoms with E-state index < -0.39 is 0 Å². The quantitative estimate of drug-likeness (QED) is 0.864. The fraction of sp³-hybridized carbons (Fsp3) is 0.182. The van der Waals surface area contributed by atoms with E-state index in [2.05, 4.69) is 15.3 Å². The summed E-state index contributed by atoms with van der Waals surface area (Å²) in [6, 6.07) is 4.34. The number of aryl methyl sites for hydroxylation is 1. The lowest BCUT2D eigenvalue weighted by Crippen LogP contribution is -2.00. The number of nitrogens with one attached hydrogen (secondary N) is 2. The van der Waals surface area contributed by atoms with Crippen molar-refractivity contribution in [2.75, 3.05) is 5.32 Å². The molecule has 1 aromatic carbocycles. The molecule has 1 heterocycles. The molecular weight excluding hydrogens is 229 g/mol. The van der Waals surface area contributed by atoms with Gasteiger partial charge in [0.15, 0.2) is 0 Å². The first-order valence-corrected chi connectivity index (χ1v) is 5.22. The van der Waals surface area contributed by atoms with Gasteiger partial charge in [-0.1, -0.05) is 11.6 Å². The number of H-pyrrole nitrogens is 1. The van der Waals surface area contributed by atoms with E-state index in [0.717, 1.165) is 11.5 Å². The summed E-state index contributed by atoms with van der Waals surface area (Å²) >= 11 is 5.74. The summed E-state index contributed by atoms with van der Waals surface area (Å²) in [6.45, 7) is 2.43. The highest BCUT2D eigenvalue weighted by Crippen LogP contribution is 2.18. The Kier molecular flexibility index (Phi) is 3.10. The number of aromatic amines is 1. The van der Waals surface area contributed by atoms with Crippen LogP contribution in [0.3, 0.4) is 0 Å². The summed E-state index contributed by atoms with van der Waals surface area (Å²) in [6.07, 6.45) is 1.74. The summed E-state index contributed by atoms with van der Waals surface area (Å²) in [5.74, 6) is 0.505. The maximum atomic E-state index is 13.0. The molecule has 0 saturated carbocycles.